The SMILES string of the molecule is COc1c[c]ccc1OCCCN1C2CCC1CC(c1nsc3cc(F)ccc13)C2. The molecular weight excluding hydrogens is 399 g/mol. The molecule has 2 aromatic carbocycles. The zero-order chi connectivity index (χ0) is 20.5. The summed E-state index contributed by atoms with van der Waals surface area (Å²) in [6, 6.07) is 14.9. The lowest BCUT2D eigenvalue weighted by molar-refractivity contribution is 0.117. The minimum atomic E-state index is -0.180. The molecule has 3 aromatic rings. The Kier molecular flexibility index (Phi) is 5.61. The summed E-state index contributed by atoms with van der Waals surface area (Å²) in [5, 5.41) is 1.14. The Hall–Kier alpha value is -2.18. The molecule has 1 aromatic heterocycles. The predicted molar refractivity (Wildman–Crippen MR) is 117 cm³/mol. The average molecular weight is 426 g/mol. The number of hydrogen-bond acceptors (Lipinski definition) is 5. The molecule has 0 amide bonds. The number of ether oxygens (including phenoxy) is 2. The number of fused-ring (bicyclic) bond motifs is 3. The summed E-state index contributed by atoms with van der Waals surface area (Å²) in [7, 11) is 1.65. The van der Waals surface area contributed by atoms with Crippen LogP contribution in [0.1, 0.15) is 43.7 Å². The van der Waals surface area contributed by atoms with Crippen molar-refractivity contribution in [3.8, 4) is 11.5 Å². The van der Waals surface area contributed by atoms with E-state index in [1.165, 1.54) is 30.1 Å². The van der Waals surface area contributed by atoms with Crippen LogP contribution in [-0.4, -0.2) is 41.6 Å². The van der Waals surface area contributed by atoms with E-state index in [0.717, 1.165) is 47.4 Å². The van der Waals surface area contributed by atoms with Crippen LogP contribution in [0.2, 0.25) is 0 Å². The van der Waals surface area contributed by atoms with Crippen LogP contribution in [0.3, 0.4) is 0 Å². The maximum absolute atomic E-state index is 13.5. The molecule has 4 nitrogen and oxygen atoms in total. The largest absolute Gasteiger partial charge is 0.493 e. The van der Waals surface area contributed by atoms with Gasteiger partial charge in [0.2, 0.25) is 0 Å². The van der Waals surface area contributed by atoms with Gasteiger partial charge in [0.1, 0.15) is 5.82 Å². The maximum Gasteiger partial charge on any atom is 0.161 e. The van der Waals surface area contributed by atoms with Crippen molar-refractivity contribution in [1.29, 1.82) is 0 Å². The molecule has 3 heterocycles. The van der Waals surface area contributed by atoms with E-state index in [9.17, 15) is 4.39 Å². The minimum absolute atomic E-state index is 0.180. The molecular formula is C24H26FN2O2S. The van der Waals surface area contributed by atoms with Gasteiger partial charge in [0.05, 0.1) is 24.1 Å². The van der Waals surface area contributed by atoms with Gasteiger partial charge in [0, 0.05) is 29.9 Å². The summed E-state index contributed by atoms with van der Waals surface area (Å²) >= 11 is 1.43. The van der Waals surface area contributed by atoms with E-state index in [1.807, 2.05) is 18.2 Å². The van der Waals surface area contributed by atoms with E-state index in [1.54, 1.807) is 25.3 Å². The van der Waals surface area contributed by atoms with Gasteiger partial charge in [-0.2, -0.15) is 4.37 Å². The average Bonchev–Trinajstić information content (AvgIpc) is 3.28. The quantitative estimate of drug-likeness (QED) is 0.473. The second kappa shape index (κ2) is 8.52. The van der Waals surface area contributed by atoms with E-state index in [2.05, 4.69) is 11.0 Å². The van der Waals surface area contributed by atoms with Crippen molar-refractivity contribution in [2.45, 2.75) is 50.1 Å². The van der Waals surface area contributed by atoms with Gasteiger partial charge in [-0.3, -0.25) is 4.90 Å². The summed E-state index contributed by atoms with van der Waals surface area (Å²) in [6.07, 6.45) is 5.83. The molecule has 2 fully saturated rings. The Morgan fingerprint density at radius 3 is 2.83 bits per heavy atom. The number of benzene rings is 2. The molecule has 30 heavy (non-hydrogen) atoms. The Morgan fingerprint density at radius 1 is 1.20 bits per heavy atom. The fourth-order valence-corrected chi connectivity index (χ4v) is 6.08. The maximum atomic E-state index is 13.5. The zero-order valence-electron chi connectivity index (χ0n) is 17.1. The molecule has 157 valence electrons. The zero-order valence-corrected chi connectivity index (χ0v) is 18.0. The van der Waals surface area contributed by atoms with Crippen molar-refractivity contribution >= 4 is 21.6 Å². The van der Waals surface area contributed by atoms with Crippen LogP contribution in [0.5, 0.6) is 11.5 Å². The van der Waals surface area contributed by atoms with Crippen LogP contribution >= 0.6 is 11.5 Å². The second-order valence-corrected chi connectivity index (χ2v) is 9.08. The van der Waals surface area contributed by atoms with Gasteiger partial charge in [0.15, 0.2) is 11.5 Å². The summed E-state index contributed by atoms with van der Waals surface area (Å²) in [4.78, 5) is 2.68. The van der Waals surface area contributed by atoms with E-state index in [4.69, 9.17) is 13.8 Å². The predicted octanol–water partition coefficient (Wildman–Crippen LogP) is 5.42. The number of halogens is 1. The minimum Gasteiger partial charge on any atom is -0.493 e. The van der Waals surface area contributed by atoms with Crippen LogP contribution < -0.4 is 9.47 Å². The lowest BCUT2D eigenvalue weighted by Gasteiger charge is -2.38. The monoisotopic (exact) mass is 425 g/mol. The van der Waals surface area contributed by atoms with Crippen molar-refractivity contribution < 1.29 is 13.9 Å². The third-order valence-electron chi connectivity index (χ3n) is 6.56. The third kappa shape index (κ3) is 3.79. The van der Waals surface area contributed by atoms with Gasteiger partial charge in [0.25, 0.3) is 0 Å². The summed E-state index contributed by atoms with van der Waals surface area (Å²) in [5.74, 6) is 1.82. The summed E-state index contributed by atoms with van der Waals surface area (Å²) in [5.41, 5.74) is 1.18. The van der Waals surface area contributed by atoms with Crippen molar-refractivity contribution in [2.75, 3.05) is 20.3 Å². The summed E-state index contributed by atoms with van der Waals surface area (Å²) in [6.45, 7) is 1.74. The molecule has 0 saturated carbocycles. The first-order valence-corrected chi connectivity index (χ1v) is 11.5. The number of nitrogens with zero attached hydrogens (tertiary/aromatic N) is 2. The summed E-state index contributed by atoms with van der Waals surface area (Å²) < 4.78 is 30.5. The Balaban J connectivity index is 1.19. The third-order valence-corrected chi connectivity index (χ3v) is 7.38. The highest BCUT2D eigenvalue weighted by Crippen LogP contribution is 2.44. The molecule has 0 spiro atoms. The van der Waals surface area contributed by atoms with Crippen molar-refractivity contribution in [3.63, 3.8) is 0 Å². The molecule has 2 aliphatic heterocycles. The highest BCUT2D eigenvalue weighted by Gasteiger charge is 2.41. The van der Waals surface area contributed by atoms with Gasteiger partial charge in [-0.15, -0.1) is 0 Å². The van der Waals surface area contributed by atoms with Crippen LogP contribution in [-0.2, 0) is 0 Å². The molecule has 5 rings (SSSR count). The van der Waals surface area contributed by atoms with Crippen molar-refractivity contribution in [1.82, 2.24) is 9.27 Å². The van der Waals surface area contributed by atoms with E-state index < -0.39 is 0 Å². The van der Waals surface area contributed by atoms with Gasteiger partial charge in [-0.1, -0.05) is 6.07 Å². The van der Waals surface area contributed by atoms with Crippen molar-refractivity contribution in [3.05, 3.63) is 54.0 Å². The number of methoxy groups -OCH3 is 1. The molecule has 1 radical (unpaired) electrons. The fourth-order valence-electron chi connectivity index (χ4n) is 5.20. The first-order chi connectivity index (χ1) is 14.7. The van der Waals surface area contributed by atoms with Crippen LogP contribution in [0.15, 0.2) is 36.4 Å². The lowest BCUT2D eigenvalue weighted by Crippen LogP contribution is -2.43. The number of hydrogen-bond donors (Lipinski definition) is 0. The molecule has 2 aliphatic rings. The van der Waals surface area contributed by atoms with E-state index in [0.29, 0.717) is 24.6 Å². The number of piperidine rings is 1. The Bertz CT molecular complexity index is 1010. The van der Waals surface area contributed by atoms with Crippen LogP contribution in [0, 0.1) is 11.9 Å². The smallest absolute Gasteiger partial charge is 0.161 e. The van der Waals surface area contributed by atoms with E-state index in [-0.39, 0.29) is 5.82 Å². The topological polar surface area (TPSA) is 34.6 Å². The molecule has 2 bridgehead atoms. The van der Waals surface area contributed by atoms with Crippen molar-refractivity contribution in [2.24, 2.45) is 0 Å². The number of aromatic nitrogens is 1. The fraction of sp³-hybridized carbons (Fsp3) is 0.458. The standard InChI is InChI=1S/C24H26FN2O2S/c1-28-21-5-2-3-6-22(21)29-12-4-11-27-18-8-9-19(27)14-16(13-18)24-20-10-7-17(25)15-23(20)30-26-24/h3,5-7,10,15-16,18-19H,4,8-9,11-14H2,1H3. The lowest BCUT2D eigenvalue weighted by atomic mass is 9.86. The van der Waals surface area contributed by atoms with Crippen LogP contribution in [0.4, 0.5) is 4.39 Å². The molecule has 0 N–H and O–H groups in total. The van der Waals surface area contributed by atoms with Gasteiger partial charge < -0.3 is 9.47 Å². The first kappa shape index (κ1) is 19.8. The molecule has 2 unspecified atom stereocenters. The van der Waals surface area contributed by atoms with Gasteiger partial charge in [-0.25, -0.2) is 4.39 Å². The van der Waals surface area contributed by atoms with Gasteiger partial charge >= 0.3 is 0 Å². The second-order valence-electron chi connectivity index (χ2n) is 8.28. The Morgan fingerprint density at radius 2 is 2.03 bits per heavy atom. The molecule has 2 saturated heterocycles. The first-order valence-electron chi connectivity index (χ1n) is 10.7. The van der Waals surface area contributed by atoms with Gasteiger partial charge in [-0.05, 0) is 80.0 Å². The van der Waals surface area contributed by atoms with E-state index >= 15 is 0 Å². The number of rotatable bonds is 7. The Labute approximate surface area is 180 Å². The molecule has 2 atom stereocenters. The highest BCUT2D eigenvalue weighted by molar-refractivity contribution is 7.13. The highest BCUT2D eigenvalue weighted by atomic mass is 32.1. The normalized spacial score (nSPS) is 23.7. The molecule has 6 heteroatoms. The van der Waals surface area contributed by atoms with Crippen LogP contribution in [0.25, 0.3) is 10.1 Å². The molecule has 0 aliphatic carbocycles.